The predicted octanol–water partition coefficient (Wildman–Crippen LogP) is 1.88. The van der Waals surface area contributed by atoms with Crippen molar-refractivity contribution in [2.45, 2.75) is 37.8 Å². The third-order valence-electron chi connectivity index (χ3n) is 3.96. The van der Waals surface area contributed by atoms with Crippen LogP contribution in [0.15, 0.2) is 18.2 Å². The smallest absolute Gasteiger partial charge is 0.324 e. The molecule has 2 unspecified atom stereocenters. The van der Waals surface area contributed by atoms with Crippen molar-refractivity contribution in [3.05, 3.63) is 33.9 Å². The van der Waals surface area contributed by atoms with Crippen LogP contribution in [0, 0.1) is 17.0 Å². The van der Waals surface area contributed by atoms with Crippen LogP contribution in [-0.2, 0) is 4.79 Å². The molecular weight excluding hydrogens is 276 g/mol. The maximum atomic E-state index is 11.4. The van der Waals surface area contributed by atoms with Gasteiger partial charge in [0.2, 0.25) is 0 Å². The Balaban J connectivity index is 2.19. The van der Waals surface area contributed by atoms with Gasteiger partial charge in [0.1, 0.15) is 11.6 Å². The first-order valence-corrected chi connectivity index (χ1v) is 6.72. The monoisotopic (exact) mass is 294 g/mol. The van der Waals surface area contributed by atoms with Gasteiger partial charge in [-0.15, -0.1) is 0 Å². The van der Waals surface area contributed by atoms with E-state index in [-0.39, 0.29) is 24.0 Å². The minimum Gasteiger partial charge on any atom is -0.483 e. The molecule has 0 amide bonds. The topological polar surface area (TPSA) is 102 Å². The standard InChI is InChI=1S/C14H18N2O5/c1-9-3-4-11(16(19)20)12(7-9)21-10-5-6-14(8-10,15-2)13(17)18/h3-4,7,10,15H,5-6,8H2,1-2H3,(H,17,18). The Kier molecular flexibility index (Phi) is 4.13. The second-order valence-corrected chi connectivity index (χ2v) is 5.35. The predicted molar refractivity (Wildman–Crippen MR) is 75.5 cm³/mol. The van der Waals surface area contributed by atoms with Gasteiger partial charge < -0.3 is 15.2 Å². The SMILES string of the molecule is CNC1(C(=O)O)CCC(Oc2cc(C)ccc2[N+](=O)[O-])C1. The third kappa shape index (κ3) is 2.97. The van der Waals surface area contributed by atoms with E-state index in [0.717, 1.165) is 5.56 Å². The average Bonchev–Trinajstić information content (AvgIpc) is 2.83. The fourth-order valence-corrected chi connectivity index (χ4v) is 2.68. The quantitative estimate of drug-likeness (QED) is 0.635. The molecule has 0 saturated heterocycles. The summed E-state index contributed by atoms with van der Waals surface area (Å²) in [6.07, 6.45) is 0.903. The maximum Gasteiger partial charge on any atom is 0.324 e. The van der Waals surface area contributed by atoms with Crippen molar-refractivity contribution in [1.82, 2.24) is 5.32 Å². The second-order valence-electron chi connectivity index (χ2n) is 5.35. The normalized spacial score (nSPS) is 24.8. The first-order chi connectivity index (χ1) is 9.88. The molecule has 1 aliphatic carbocycles. The molecule has 21 heavy (non-hydrogen) atoms. The van der Waals surface area contributed by atoms with E-state index in [0.29, 0.717) is 12.8 Å². The summed E-state index contributed by atoms with van der Waals surface area (Å²) in [5.41, 5.74) is -0.256. The van der Waals surface area contributed by atoms with E-state index >= 15 is 0 Å². The lowest BCUT2D eigenvalue weighted by Gasteiger charge is -2.23. The summed E-state index contributed by atoms with van der Waals surface area (Å²) in [7, 11) is 1.60. The minimum atomic E-state index is -1.01. The molecule has 2 rings (SSSR count). The van der Waals surface area contributed by atoms with E-state index in [2.05, 4.69) is 5.32 Å². The van der Waals surface area contributed by atoms with Crippen molar-refractivity contribution >= 4 is 11.7 Å². The van der Waals surface area contributed by atoms with Crippen LogP contribution in [0.25, 0.3) is 0 Å². The molecule has 0 bridgehead atoms. The molecule has 2 N–H and O–H groups in total. The molecule has 1 aromatic carbocycles. The minimum absolute atomic E-state index is 0.0992. The molecule has 0 radical (unpaired) electrons. The van der Waals surface area contributed by atoms with E-state index in [1.807, 2.05) is 6.92 Å². The number of ether oxygens (including phenoxy) is 1. The fraction of sp³-hybridized carbons (Fsp3) is 0.500. The van der Waals surface area contributed by atoms with Gasteiger partial charge in [0, 0.05) is 12.5 Å². The summed E-state index contributed by atoms with van der Waals surface area (Å²) in [4.78, 5) is 21.9. The lowest BCUT2D eigenvalue weighted by Crippen LogP contribution is -2.48. The van der Waals surface area contributed by atoms with Crippen LogP contribution >= 0.6 is 0 Å². The molecule has 1 fully saturated rings. The molecule has 114 valence electrons. The largest absolute Gasteiger partial charge is 0.483 e. The number of hydrogen-bond acceptors (Lipinski definition) is 5. The molecule has 1 saturated carbocycles. The number of carbonyl (C=O) groups is 1. The van der Waals surface area contributed by atoms with Gasteiger partial charge in [0.05, 0.1) is 4.92 Å². The average molecular weight is 294 g/mol. The molecule has 0 aromatic heterocycles. The van der Waals surface area contributed by atoms with Gasteiger partial charge in [0.15, 0.2) is 5.75 Å². The number of aliphatic carboxylic acids is 1. The van der Waals surface area contributed by atoms with Gasteiger partial charge in [-0.1, -0.05) is 6.07 Å². The highest BCUT2D eigenvalue weighted by atomic mass is 16.6. The number of nitrogens with one attached hydrogen (secondary N) is 1. The number of nitro benzene ring substituents is 1. The molecule has 0 heterocycles. The molecule has 7 heteroatoms. The summed E-state index contributed by atoms with van der Waals surface area (Å²) < 4.78 is 5.71. The molecule has 0 aliphatic heterocycles. The number of hydrogen-bond donors (Lipinski definition) is 2. The van der Waals surface area contributed by atoms with Crippen molar-refractivity contribution < 1.29 is 19.6 Å². The Morgan fingerprint density at radius 3 is 2.81 bits per heavy atom. The number of benzene rings is 1. The van der Waals surface area contributed by atoms with Crippen LogP contribution in [0.5, 0.6) is 5.75 Å². The number of carboxylic acids is 1. The van der Waals surface area contributed by atoms with Crippen molar-refractivity contribution in [2.24, 2.45) is 0 Å². The van der Waals surface area contributed by atoms with Crippen LogP contribution in [-0.4, -0.2) is 34.7 Å². The van der Waals surface area contributed by atoms with E-state index in [9.17, 15) is 20.0 Å². The van der Waals surface area contributed by atoms with Gasteiger partial charge in [-0.25, -0.2) is 0 Å². The van der Waals surface area contributed by atoms with Gasteiger partial charge in [-0.2, -0.15) is 0 Å². The Morgan fingerprint density at radius 1 is 1.57 bits per heavy atom. The number of rotatable bonds is 5. The molecule has 0 spiro atoms. The van der Waals surface area contributed by atoms with Crippen LogP contribution in [0.3, 0.4) is 0 Å². The third-order valence-corrected chi connectivity index (χ3v) is 3.96. The van der Waals surface area contributed by atoms with Crippen LogP contribution < -0.4 is 10.1 Å². The molecule has 1 aromatic rings. The van der Waals surface area contributed by atoms with E-state index < -0.39 is 16.4 Å². The molecular formula is C14H18N2O5. The highest BCUT2D eigenvalue weighted by Gasteiger charge is 2.45. The first kappa shape index (κ1) is 15.2. The summed E-state index contributed by atoms with van der Waals surface area (Å²) in [6, 6.07) is 4.66. The van der Waals surface area contributed by atoms with Crippen molar-refractivity contribution in [3.63, 3.8) is 0 Å². The summed E-state index contributed by atoms with van der Waals surface area (Å²) in [6.45, 7) is 1.82. The van der Waals surface area contributed by atoms with Crippen molar-refractivity contribution in [2.75, 3.05) is 7.05 Å². The number of nitro groups is 1. The van der Waals surface area contributed by atoms with Gasteiger partial charge >= 0.3 is 11.7 Å². The Hall–Kier alpha value is -2.15. The molecule has 2 atom stereocenters. The van der Waals surface area contributed by atoms with Gasteiger partial charge in [-0.3, -0.25) is 14.9 Å². The van der Waals surface area contributed by atoms with E-state index in [1.165, 1.54) is 6.07 Å². The Bertz CT molecular complexity index is 574. The van der Waals surface area contributed by atoms with Crippen LogP contribution in [0.1, 0.15) is 24.8 Å². The maximum absolute atomic E-state index is 11.4. The number of aryl methyl sites for hydroxylation is 1. The highest BCUT2D eigenvalue weighted by molar-refractivity contribution is 5.79. The summed E-state index contributed by atoms with van der Waals surface area (Å²) in [5, 5.41) is 23.2. The molecule has 1 aliphatic rings. The fourth-order valence-electron chi connectivity index (χ4n) is 2.68. The highest BCUT2D eigenvalue weighted by Crippen LogP contribution is 2.36. The van der Waals surface area contributed by atoms with Crippen LogP contribution in [0.4, 0.5) is 5.69 Å². The Morgan fingerprint density at radius 2 is 2.29 bits per heavy atom. The lowest BCUT2D eigenvalue weighted by molar-refractivity contribution is -0.386. The van der Waals surface area contributed by atoms with Gasteiger partial charge in [-0.05, 0) is 38.4 Å². The number of nitrogens with zero attached hydrogens (tertiary/aromatic N) is 1. The van der Waals surface area contributed by atoms with Crippen molar-refractivity contribution in [3.8, 4) is 5.75 Å². The Labute approximate surface area is 122 Å². The summed E-state index contributed by atoms with van der Waals surface area (Å²) >= 11 is 0. The molecule has 7 nitrogen and oxygen atoms in total. The zero-order valence-corrected chi connectivity index (χ0v) is 12.0. The van der Waals surface area contributed by atoms with E-state index in [4.69, 9.17) is 4.74 Å². The number of carboxylic acid groups (broad SMARTS) is 1. The lowest BCUT2D eigenvalue weighted by atomic mass is 9.98. The number of likely N-dealkylation sites (N-methyl/N-ethyl adjacent to an activating group) is 1. The first-order valence-electron chi connectivity index (χ1n) is 6.72. The van der Waals surface area contributed by atoms with Crippen molar-refractivity contribution in [1.29, 1.82) is 0 Å². The van der Waals surface area contributed by atoms with E-state index in [1.54, 1.807) is 19.2 Å². The zero-order valence-electron chi connectivity index (χ0n) is 12.0. The van der Waals surface area contributed by atoms with Gasteiger partial charge in [0.25, 0.3) is 0 Å². The van der Waals surface area contributed by atoms with Crippen LogP contribution in [0.2, 0.25) is 0 Å². The zero-order chi connectivity index (χ0) is 15.6. The summed E-state index contributed by atoms with van der Waals surface area (Å²) in [5.74, 6) is -0.725. The second kappa shape index (κ2) is 5.69.